The van der Waals surface area contributed by atoms with Crippen LogP contribution in [0.15, 0.2) is 18.2 Å². The molecule has 1 aromatic carbocycles. The molecule has 1 heterocycles. The van der Waals surface area contributed by atoms with E-state index in [1.165, 1.54) is 12.1 Å². The third-order valence-corrected chi connectivity index (χ3v) is 3.08. The van der Waals surface area contributed by atoms with Crippen LogP contribution >= 0.6 is 0 Å². The lowest BCUT2D eigenvalue weighted by Gasteiger charge is -2.22. The smallest absolute Gasteiger partial charge is 0.267 e. The van der Waals surface area contributed by atoms with E-state index in [2.05, 4.69) is 0 Å². The summed E-state index contributed by atoms with van der Waals surface area (Å²) in [5, 5.41) is 0. The molecule has 0 aliphatic carbocycles. The average Bonchev–Trinajstić information content (AvgIpc) is 2.38. The van der Waals surface area contributed by atoms with Crippen molar-refractivity contribution in [2.75, 3.05) is 25.6 Å². The molecule has 1 fully saturated rings. The maximum absolute atomic E-state index is 12.8. The van der Waals surface area contributed by atoms with Crippen LogP contribution in [0.25, 0.3) is 0 Å². The van der Waals surface area contributed by atoms with Gasteiger partial charge in [0.1, 0.15) is 5.75 Å². The maximum atomic E-state index is 12.8. The van der Waals surface area contributed by atoms with Crippen LogP contribution in [0.4, 0.5) is 14.5 Å². The zero-order chi connectivity index (χ0) is 13.0. The Balaban J connectivity index is 1.99. The molecule has 100 valence electrons. The highest BCUT2D eigenvalue weighted by atomic mass is 19.3. The summed E-state index contributed by atoms with van der Waals surface area (Å²) < 4.78 is 36.4. The fraction of sp³-hybridized carbons (Fsp3) is 0.538. The first-order valence-corrected chi connectivity index (χ1v) is 6.05. The zero-order valence-electron chi connectivity index (χ0n) is 10.1. The van der Waals surface area contributed by atoms with Crippen molar-refractivity contribution in [1.29, 1.82) is 0 Å². The molecule has 0 spiro atoms. The molecule has 0 bridgehead atoms. The number of rotatable bonds is 4. The van der Waals surface area contributed by atoms with E-state index < -0.39 is 6.43 Å². The third-order valence-electron chi connectivity index (χ3n) is 3.08. The first-order chi connectivity index (χ1) is 8.66. The molecule has 1 saturated heterocycles. The lowest BCUT2D eigenvalue weighted by atomic mass is 10.0. The molecule has 2 rings (SSSR count). The Morgan fingerprint density at radius 1 is 1.33 bits per heavy atom. The van der Waals surface area contributed by atoms with Gasteiger partial charge in [-0.25, -0.2) is 8.78 Å². The molecule has 3 nitrogen and oxygen atoms in total. The first-order valence-electron chi connectivity index (χ1n) is 6.05. The summed E-state index contributed by atoms with van der Waals surface area (Å²) in [7, 11) is 0. The van der Waals surface area contributed by atoms with Crippen LogP contribution in [0.3, 0.4) is 0 Å². The van der Waals surface area contributed by atoms with Gasteiger partial charge in [-0.05, 0) is 37.0 Å². The lowest BCUT2D eigenvalue weighted by Crippen LogP contribution is -2.21. The Morgan fingerprint density at radius 2 is 2.06 bits per heavy atom. The standard InChI is InChI=1S/C13H17F2NO2/c14-13(15)11-7-10(16)1-2-12(11)18-8-9-3-5-17-6-4-9/h1-2,7,9,13H,3-6,8,16H2. The number of benzene rings is 1. The topological polar surface area (TPSA) is 44.5 Å². The van der Waals surface area contributed by atoms with Crippen LogP contribution in [0.1, 0.15) is 24.8 Å². The van der Waals surface area contributed by atoms with E-state index in [0.717, 1.165) is 26.1 Å². The van der Waals surface area contributed by atoms with Crippen LogP contribution in [0.5, 0.6) is 5.75 Å². The molecule has 0 amide bonds. The van der Waals surface area contributed by atoms with Gasteiger partial charge in [-0.1, -0.05) is 0 Å². The Morgan fingerprint density at radius 3 is 2.72 bits per heavy atom. The predicted molar refractivity (Wildman–Crippen MR) is 64.8 cm³/mol. The largest absolute Gasteiger partial charge is 0.493 e. The van der Waals surface area contributed by atoms with Crippen molar-refractivity contribution in [3.05, 3.63) is 23.8 Å². The fourth-order valence-electron chi connectivity index (χ4n) is 1.99. The summed E-state index contributed by atoms with van der Waals surface area (Å²) in [6.07, 6.45) is -0.740. The first kappa shape index (κ1) is 13.1. The molecule has 0 unspecified atom stereocenters. The summed E-state index contributed by atoms with van der Waals surface area (Å²) in [6, 6.07) is 4.35. The molecule has 1 aromatic rings. The van der Waals surface area contributed by atoms with Gasteiger partial charge in [0.05, 0.1) is 12.2 Å². The summed E-state index contributed by atoms with van der Waals surface area (Å²) in [6.45, 7) is 1.89. The van der Waals surface area contributed by atoms with Crippen LogP contribution in [-0.2, 0) is 4.74 Å². The van der Waals surface area contributed by atoms with Gasteiger partial charge in [0.2, 0.25) is 0 Å². The van der Waals surface area contributed by atoms with Gasteiger partial charge in [-0.15, -0.1) is 0 Å². The molecule has 0 atom stereocenters. The van der Waals surface area contributed by atoms with E-state index in [4.69, 9.17) is 15.2 Å². The van der Waals surface area contributed by atoms with Gasteiger partial charge in [0.25, 0.3) is 6.43 Å². The quantitative estimate of drug-likeness (QED) is 0.843. The minimum Gasteiger partial charge on any atom is -0.493 e. The molecule has 1 aliphatic rings. The number of anilines is 1. The monoisotopic (exact) mass is 257 g/mol. The van der Waals surface area contributed by atoms with E-state index in [1.807, 2.05) is 0 Å². The average molecular weight is 257 g/mol. The SMILES string of the molecule is Nc1ccc(OCC2CCOCC2)c(C(F)F)c1. The van der Waals surface area contributed by atoms with Crippen molar-refractivity contribution in [3.8, 4) is 5.75 Å². The van der Waals surface area contributed by atoms with Gasteiger partial charge >= 0.3 is 0 Å². The van der Waals surface area contributed by atoms with Gasteiger partial charge in [0, 0.05) is 18.9 Å². The molecular weight excluding hydrogens is 240 g/mol. The number of halogens is 2. The number of alkyl halides is 2. The minimum atomic E-state index is -2.57. The molecule has 0 saturated carbocycles. The van der Waals surface area contributed by atoms with E-state index in [9.17, 15) is 8.78 Å². The zero-order valence-corrected chi connectivity index (χ0v) is 10.1. The minimum absolute atomic E-state index is 0.137. The normalized spacial score (nSPS) is 17.1. The molecular formula is C13H17F2NO2. The van der Waals surface area contributed by atoms with E-state index in [0.29, 0.717) is 18.2 Å². The van der Waals surface area contributed by atoms with Crippen molar-refractivity contribution in [2.45, 2.75) is 19.3 Å². The molecule has 0 aromatic heterocycles. The van der Waals surface area contributed by atoms with Gasteiger partial charge < -0.3 is 15.2 Å². The lowest BCUT2D eigenvalue weighted by molar-refractivity contribution is 0.0487. The van der Waals surface area contributed by atoms with E-state index >= 15 is 0 Å². The summed E-state index contributed by atoms with van der Waals surface area (Å²) in [5.41, 5.74) is 5.68. The number of hydrogen-bond acceptors (Lipinski definition) is 3. The fourth-order valence-corrected chi connectivity index (χ4v) is 1.99. The predicted octanol–water partition coefficient (Wildman–Crippen LogP) is 3.01. The summed E-state index contributed by atoms with van der Waals surface area (Å²) >= 11 is 0. The van der Waals surface area contributed by atoms with E-state index in [1.54, 1.807) is 6.07 Å². The van der Waals surface area contributed by atoms with Crippen LogP contribution in [0.2, 0.25) is 0 Å². The summed E-state index contributed by atoms with van der Waals surface area (Å²) in [5.74, 6) is 0.604. The number of nitrogen functional groups attached to an aromatic ring is 1. The highest BCUT2D eigenvalue weighted by molar-refractivity contribution is 5.48. The summed E-state index contributed by atoms with van der Waals surface area (Å²) in [4.78, 5) is 0. The second-order valence-corrected chi connectivity index (χ2v) is 4.46. The van der Waals surface area contributed by atoms with Crippen molar-refractivity contribution >= 4 is 5.69 Å². The molecule has 5 heteroatoms. The third kappa shape index (κ3) is 3.32. The van der Waals surface area contributed by atoms with Crippen molar-refractivity contribution in [3.63, 3.8) is 0 Å². The molecule has 0 radical (unpaired) electrons. The van der Waals surface area contributed by atoms with Crippen molar-refractivity contribution in [2.24, 2.45) is 5.92 Å². The van der Waals surface area contributed by atoms with Crippen LogP contribution in [0, 0.1) is 5.92 Å². The molecule has 18 heavy (non-hydrogen) atoms. The van der Waals surface area contributed by atoms with Crippen LogP contribution in [-0.4, -0.2) is 19.8 Å². The Kier molecular flexibility index (Phi) is 4.36. The Labute approximate surface area is 105 Å². The van der Waals surface area contributed by atoms with Crippen molar-refractivity contribution < 1.29 is 18.3 Å². The van der Waals surface area contributed by atoms with E-state index in [-0.39, 0.29) is 11.3 Å². The number of ether oxygens (including phenoxy) is 2. The van der Waals surface area contributed by atoms with Crippen LogP contribution < -0.4 is 10.5 Å². The number of nitrogens with two attached hydrogens (primary N) is 1. The Bertz CT molecular complexity index is 393. The molecule has 2 N–H and O–H groups in total. The Hall–Kier alpha value is -1.36. The van der Waals surface area contributed by atoms with Gasteiger partial charge in [0.15, 0.2) is 0 Å². The highest BCUT2D eigenvalue weighted by Crippen LogP contribution is 2.31. The van der Waals surface area contributed by atoms with Gasteiger partial charge in [-0.2, -0.15) is 0 Å². The highest BCUT2D eigenvalue weighted by Gasteiger charge is 2.18. The van der Waals surface area contributed by atoms with Gasteiger partial charge in [-0.3, -0.25) is 0 Å². The number of hydrogen-bond donors (Lipinski definition) is 1. The van der Waals surface area contributed by atoms with Crippen molar-refractivity contribution in [1.82, 2.24) is 0 Å². The molecule has 1 aliphatic heterocycles. The second-order valence-electron chi connectivity index (χ2n) is 4.46. The second kappa shape index (κ2) is 6.00. The maximum Gasteiger partial charge on any atom is 0.267 e.